The van der Waals surface area contributed by atoms with E-state index in [2.05, 4.69) is 52.4 Å². The number of aliphatic carboxylic acids is 1. The molecule has 1 saturated heterocycles. The van der Waals surface area contributed by atoms with E-state index in [1.165, 1.54) is 0 Å². The topological polar surface area (TPSA) is 68.2 Å². The average Bonchev–Trinajstić information content (AvgIpc) is 2.93. The summed E-state index contributed by atoms with van der Waals surface area (Å²) >= 11 is 8.91. The molecular formula is C20H22Br2N4O2S. The van der Waals surface area contributed by atoms with Gasteiger partial charge in [0, 0.05) is 47.0 Å². The van der Waals surface area contributed by atoms with Crippen molar-refractivity contribution in [3.8, 4) is 0 Å². The summed E-state index contributed by atoms with van der Waals surface area (Å²) in [6.45, 7) is 7.35. The standard InChI is InChI=1S/C20H22Br2N4O2S/c1-20(2,19(27)28)11-25-5-7-26(8-6-25)17-16-13(22)10-29-18(16)24-14-4-3-12(21)9-15(14)23-17/h3-4,9-10,24H,5-8,11H2,1-2H3,(H,27,28). The number of fused-ring (bicyclic) bond motifs is 2. The highest BCUT2D eigenvalue weighted by Crippen LogP contribution is 2.42. The molecule has 2 N–H and O–H groups in total. The van der Waals surface area contributed by atoms with Crippen LogP contribution < -0.4 is 5.32 Å². The highest BCUT2D eigenvalue weighted by atomic mass is 79.9. The Morgan fingerprint density at radius 2 is 2.00 bits per heavy atom. The van der Waals surface area contributed by atoms with Crippen molar-refractivity contribution in [3.63, 3.8) is 0 Å². The molecule has 6 nitrogen and oxygen atoms in total. The Labute approximate surface area is 190 Å². The van der Waals surface area contributed by atoms with Gasteiger partial charge in [-0.2, -0.15) is 0 Å². The number of hydrogen-bond acceptors (Lipinski definition) is 6. The summed E-state index contributed by atoms with van der Waals surface area (Å²) in [6, 6.07) is 6.07. The van der Waals surface area contributed by atoms with Gasteiger partial charge >= 0.3 is 5.97 Å². The first-order valence-corrected chi connectivity index (χ1v) is 11.8. The lowest BCUT2D eigenvalue weighted by Gasteiger charge is -2.38. The number of benzene rings is 1. The van der Waals surface area contributed by atoms with Gasteiger partial charge in [-0.05, 0) is 48.0 Å². The predicted octanol–water partition coefficient (Wildman–Crippen LogP) is 5.14. The molecule has 2 aromatic rings. The van der Waals surface area contributed by atoms with Crippen LogP contribution in [-0.4, -0.2) is 59.4 Å². The number of aliphatic imine (C=N–C) groups is 1. The molecule has 0 spiro atoms. The van der Waals surface area contributed by atoms with E-state index in [0.29, 0.717) is 6.54 Å². The summed E-state index contributed by atoms with van der Waals surface area (Å²) in [7, 11) is 0. The maximum atomic E-state index is 11.5. The van der Waals surface area contributed by atoms with Crippen LogP contribution in [0.3, 0.4) is 0 Å². The third kappa shape index (κ3) is 4.23. The fourth-order valence-electron chi connectivity index (χ4n) is 3.61. The maximum Gasteiger partial charge on any atom is 0.310 e. The number of halogens is 2. The van der Waals surface area contributed by atoms with Gasteiger partial charge in [-0.3, -0.25) is 9.69 Å². The van der Waals surface area contributed by atoms with Crippen molar-refractivity contribution in [1.29, 1.82) is 0 Å². The Bertz CT molecular complexity index is 981. The van der Waals surface area contributed by atoms with Crippen LogP contribution in [0.4, 0.5) is 16.4 Å². The molecule has 1 fully saturated rings. The minimum absolute atomic E-state index is 0.549. The van der Waals surface area contributed by atoms with Crippen LogP contribution >= 0.6 is 43.2 Å². The average molecular weight is 542 g/mol. The van der Waals surface area contributed by atoms with Crippen LogP contribution in [0.1, 0.15) is 19.4 Å². The number of carboxylic acids is 1. The predicted molar refractivity (Wildman–Crippen MR) is 125 cm³/mol. The Hall–Kier alpha value is -1.42. The maximum absolute atomic E-state index is 11.5. The molecule has 0 unspecified atom stereocenters. The first-order valence-electron chi connectivity index (χ1n) is 9.38. The number of rotatable bonds is 3. The highest BCUT2D eigenvalue weighted by Gasteiger charge is 2.33. The molecule has 0 aliphatic carbocycles. The van der Waals surface area contributed by atoms with Gasteiger partial charge in [0.1, 0.15) is 10.8 Å². The number of carboxylic acid groups (broad SMARTS) is 1. The number of amidine groups is 1. The third-order valence-corrected chi connectivity index (χ3v) is 7.59. The summed E-state index contributed by atoms with van der Waals surface area (Å²) in [5, 5.41) is 16.1. The molecule has 2 aliphatic heterocycles. The Kier molecular flexibility index (Phi) is 5.76. The Morgan fingerprint density at radius 1 is 1.28 bits per heavy atom. The lowest BCUT2D eigenvalue weighted by molar-refractivity contribution is -0.148. The molecule has 154 valence electrons. The van der Waals surface area contributed by atoms with Crippen molar-refractivity contribution in [1.82, 2.24) is 9.80 Å². The van der Waals surface area contributed by atoms with E-state index in [1.54, 1.807) is 25.2 Å². The third-order valence-electron chi connectivity index (χ3n) is 5.27. The number of hydrogen-bond donors (Lipinski definition) is 2. The normalized spacial score (nSPS) is 17.1. The quantitative estimate of drug-likeness (QED) is 0.563. The van der Waals surface area contributed by atoms with Gasteiger partial charge in [0.2, 0.25) is 0 Å². The summed E-state index contributed by atoms with van der Waals surface area (Å²) in [4.78, 5) is 21.0. The molecular weight excluding hydrogens is 520 g/mol. The molecule has 0 bridgehead atoms. The largest absolute Gasteiger partial charge is 0.481 e. The second kappa shape index (κ2) is 8.02. The van der Waals surface area contributed by atoms with Crippen LogP contribution in [0.15, 0.2) is 37.5 Å². The molecule has 4 rings (SSSR count). The van der Waals surface area contributed by atoms with E-state index < -0.39 is 11.4 Å². The fraction of sp³-hybridized carbons (Fsp3) is 0.400. The molecule has 1 aromatic carbocycles. The minimum Gasteiger partial charge on any atom is -0.481 e. The number of nitrogens with zero attached hydrogens (tertiary/aromatic N) is 3. The smallest absolute Gasteiger partial charge is 0.310 e. The SMILES string of the molecule is CC(C)(CN1CCN(C2=Nc3cc(Br)ccc3Nc3scc(Br)c32)CC1)C(=O)O. The van der Waals surface area contributed by atoms with Crippen molar-refractivity contribution in [2.45, 2.75) is 13.8 Å². The summed E-state index contributed by atoms with van der Waals surface area (Å²) in [5.74, 6) is 0.197. The summed E-state index contributed by atoms with van der Waals surface area (Å²) < 4.78 is 2.02. The molecule has 0 atom stereocenters. The van der Waals surface area contributed by atoms with Crippen LogP contribution in [0.5, 0.6) is 0 Å². The lowest BCUT2D eigenvalue weighted by Crippen LogP contribution is -2.52. The van der Waals surface area contributed by atoms with Gasteiger partial charge in [-0.15, -0.1) is 11.3 Å². The minimum atomic E-state index is -0.756. The zero-order valence-electron chi connectivity index (χ0n) is 16.2. The van der Waals surface area contributed by atoms with Gasteiger partial charge in [-0.25, -0.2) is 4.99 Å². The van der Waals surface area contributed by atoms with Crippen LogP contribution in [0, 0.1) is 5.41 Å². The number of nitrogens with one attached hydrogen (secondary N) is 1. The molecule has 9 heteroatoms. The van der Waals surface area contributed by atoms with Crippen molar-refractivity contribution in [2.75, 3.05) is 38.0 Å². The second-order valence-corrected chi connectivity index (χ2v) is 10.6. The number of anilines is 2. The van der Waals surface area contributed by atoms with Crippen molar-refractivity contribution >= 4 is 71.4 Å². The first-order chi connectivity index (χ1) is 13.7. The molecule has 29 heavy (non-hydrogen) atoms. The number of carbonyl (C=O) groups is 1. The fourth-order valence-corrected chi connectivity index (χ4v) is 5.57. The first kappa shape index (κ1) is 20.8. The summed E-state index contributed by atoms with van der Waals surface area (Å²) in [6.07, 6.45) is 0. The number of thiophene rings is 1. The van der Waals surface area contributed by atoms with Crippen molar-refractivity contribution < 1.29 is 9.90 Å². The van der Waals surface area contributed by atoms with Gasteiger partial charge in [0.25, 0.3) is 0 Å². The lowest BCUT2D eigenvalue weighted by atomic mass is 9.93. The monoisotopic (exact) mass is 540 g/mol. The molecule has 2 aliphatic rings. The van der Waals surface area contributed by atoms with Crippen LogP contribution in [0.2, 0.25) is 0 Å². The highest BCUT2D eigenvalue weighted by molar-refractivity contribution is 9.10. The zero-order chi connectivity index (χ0) is 20.8. The van der Waals surface area contributed by atoms with Gasteiger partial charge in [0.05, 0.1) is 22.4 Å². The molecule has 3 heterocycles. The van der Waals surface area contributed by atoms with Crippen LogP contribution in [-0.2, 0) is 4.79 Å². The Morgan fingerprint density at radius 3 is 2.69 bits per heavy atom. The van der Waals surface area contributed by atoms with E-state index in [1.807, 2.05) is 18.2 Å². The van der Waals surface area contributed by atoms with E-state index in [4.69, 9.17) is 4.99 Å². The van der Waals surface area contributed by atoms with Crippen LogP contribution in [0.25, 0.3) is 0 Å². The Balaban J connectivity index is 1.60. The van der Waals surface area contributed by atoms with Crippen molar-refractivity contribution in [2.24, 2.45) is 10.4 Å². The van der Waals surface area contributed by atoms with Crippen molar-refractivity contribution in [3.05, 3.63) is 38.1 Å². The molecule has 0 amide bonds. The molecule has 0 radical (unpaired) electrons. The number of piperazine rings is 1. The molecule has 1 aromatic heterocycles. The van der Waals surface area contributed by atoms with E-state index >= 15 is 0 Å². The zero-order valence-corrected chi connectivity index (χ0v) is 20.2. The second-order valence-electron chi connectivity index (χ2n) is 7.96. The van der Waals surface area contributed by atoms with E-state index in [0.717, 1.165) is 62.9 Å². The summed E-state index contributed by atoms with van der Waals surface area (Å²) in [5.41, 5.74) is 2.22. The van der Waals surface area contributed by atoms with Gasteiger partial charge in [0.15, 0.2) is 0 Å². The van der Waals surface area contributed by atoms with E-state index in [9.17, 15) is 9.90 Å². The van der Waals surface area contributed by atoms with E-state index in [-0.39, 0.29) is 0 Å². The van der Waals surface area contributed by atoms with Gasteiger partial charge in [-0.1, -0.05) is 15.9 Å². The van der Waals surface area contributed by atoms with Gasteiger partial charge < -0.3 is 15.3 Å². The molecule has 0 saturated carbocycles.